The molecule has 1 aliphatic rings. The molecule has 2 amide bonds. The van der Waals surface area contributed by atoms with Crippen molar-refractivity contribution < 1.29 is 9.59 Å². The highest BCUT2D eigenvalue weighted by atomic mass is 32.1. The predicted molar refractivity (Wildman–Crippen MR) is 85.2 cm³/mol. The molecule has 0 aliphatic carbocycles. The van der Waals surface area contributed by atoms with Crippen LogP contribution in [0.15, 0.2) is 24.8 Å². The van der Waals surface area contributed by atoms with Crippen molar-refractivity contribution in [3.63, 3.8) is 0 Å². The van der Waals surface area contributed by atoms with Gasteiger partial charge in [-0.25, -0.2) is 9.97 Å². The Kier molecular flexibility index (Phi) is 4.61. The fraction of sp³-hybridized carbons (Fsp3) is 0.400. The van der Waals surface area contributed by atoms with Gasteiger partial charge in [0.1, 0.15) is 15.6 Å². The van der Waals surface area contributed by atoms with Gasteiger partial charge in [-0.2, -0.15) is 0 Å². The van der Waals surface area contributed by atoms with Crippen molar-refractivity contribution in [2.45, 2.75) is 25.3 Å². The third kappa shape index (κ3) is 3.21. The van der Waals surface area contributed by atoms with Crippen LogP contribution in [0.2, 0.25) is 0 Å². The van der Waals surface area contributed by atoms with Gasteiger partial charge in [-0.1, -0.05) is 0 Å². The quantitative estimate of drug-likeness (QED) is 0.924. The standard InChI is InChI=1S/C15H17N5O2S/c1-16-13(21)12-9-19-14(23-12)11-4-2-3-7-20(11)15(22)10-8-17-5-6-18-10/h5-6,8-9,11H,2-4,7H2,1H3,(H,16,21)/t11-/m0/s1. The molecule has 2 aromatic heterocycles. The smallest absolute Gasteiger partial charge is 0.274 e. The zero-order valence-electron chi connectivity index (χ0n) is 12.7. The monoisotopic (exact) mass is 331 g/mol. The van der Waals surface area contributed by atoms with E-state index in [1.54, 1.807) is 24.3 Å². The predicted octanol–water partition coefficient (Wildman–Crippen LogP) is 1.66. The highest BCUT2D eigenvalue weighted by Gasteiger charge is 2.31. The molecule has 0 bridgehead atoms. The fourth-order valence-corrected chi connectivity index (χ4v) is 3.67. The van der Waals surface area contributed by atoms with Gasteiger partial charge >= 0.3 is 0 Å². The van der Waals surface area contributed by atoms with Gasteiger partial charge in [0, 0.05) is 26.0 Å². The first-order chi connectivity index (χ1) is 11.2. The number of hydrogen-bond acceptors (Lipinski definition) is 6. The number of carbonyl (C=O) groups is 2. The van der Waals surface area contributed by atoms with Crippen LogP contribution in [0, 0.1) is 0 Å². The number of thiazole rings is 1. The van der Waals surface area contributed by atoms with Crippen LogP contribution in [0.5, 0.6) is 0 Å². The Hall–Kier alpha value is -2.35. The summed E-state index contributed by atoms with van der Waals surface area (Å²) < 4.78 is 0. The molecule has 23 heavy (non-hydrogen) atoms. The zero-order chi connectivity index (χ0) is 16.2. The maximum absolute atomic E-state index is 12.7. The van der Waals surface area contributed by atoms with E-state index in [0.29, 0.717) is 17.1 Å². The van der Waals surface area contributed by atoms with Crippen molar-refractivity contribution in [3.05, 3.63) is 40.4 Å². The number of nitrogens with zero attached hydrogens (tertiary/aromatic N) is 4. The Morgan fingerprint density at radius 3 is 2.87 bits per heavy atom. The first kappa shape index (κ1) is 15.5. The SMILES string of the molecule is CNC(=O)c1cnc([C@@H]2CCCCN2C(=O)c2cnccn2)s1. The van der Waals surface area contributed by atoms with E-state index in [9.17, 15) is 9.59 Å². The van der Waals surface area contributed by atoms with E-state index in [1.807, 2.05) is 0 Å². The average molecular weight is 331 g/mol. The van der Waals surface area contributed by atoms with Gasteiger partial charge in [0.15, 0.2) is 0 Å². The van der Waals surface area contributed by atoms with Crippen LogP contribution < -0.4 is 5.32 Å². The Morgan fingerprint density at radius 1 is 1.26 bits per heavy atom. The largest absolute Gasteiger partial charge is 0.354 e. The van der Waals surface area contributed by atoms with E-state index in [1.165, 1.54) is 23.7 Å². The first-order valence-electron chi connectivity index (χ1n) is 7.45. The summed E-state index contributed by atoms with van der Waals surface area (Å²) in [5, 5.41) is 3.38. The summed E-state index contributed by atoms with van der Waals surface area (Å²) in [6.07, 6.45) is 8.93. The van der Waals surface area contributed by atoms with E-state index in [0.717, 1.165) is 24.3 Å². The van der Waals surface area contributed by atoms with Gasteiger partial charge in [-0.15, -0.1) is 11.3 Å². The maximum Gasteiger partial charge on any atom is 0.274 e. The summed E-state index contributed by atoms with van der Waals surface area (Å²) >= 11 is 1.34. The maximum atomic E-state index is 12.7. The van der Waals surface area contributed by atoms with Crippen molar-refractivity contribution in [2.24, 2.45) is 0 Å². The lowest BCUT2D eigenvalue weighted by atomic mass is 10.0. The van der Waals surface area contributed by atoms with Crippen molar-refractivity contribution in [2.75, 3.05) is 13.6 Å². The van der Waals surface area contributed by atoms with E-state index >= 15 is 0 Å². The Bertz CT molecular complexity index is 703. The van der Waals surface area contributed by atoms with E-state index in [4.69, 9.17) is 0 Å². The van der Waals surface area contributed by atoms with Crippen LogP contribution >= 0.6 is 11.3 Å². The van der Waals surface area contributed by atoms with Crippen LogP contribution in [-0.2, 0) is 0 Å². The lowest BCUT2D eigenvalue weighted by Gasteiger charge is -2.34. The number of piperidine rings is 1. The molecule has 120 valence electrons. The summed E-state index contributed by atoms with van der Waals surface area (Å²) in [6, 6.07) is -0.110. The third-order valence-electron chi connectivity index (χ3n) is 3.81. The summed E-state index contributed by atoms with van der Waals surface area (Å²) in [4.78, 5) is 39.2. The molecule has 0 radical (unpaired) electrons. The number of amides is 2. The van der Waals surface area contributed by atoms with E-state index in [-0.39, 0.29) is 17.9 Å². The van der Waals surface area contributed by atoms with Crippen molar-refractivity contribution in [3.8, 4) is 0 Å². The number of hydrogen-bond donors (Lipinski definition) is 1. The van der Waals surface area contributed by atoms with Gasteiger partial charge in [-0.3, -0.25) is 14.6 Å². The summed E-state index contributed by atoms with van der Waals surface area (Å²) in [5.74, 6) is -0.296. The molecular weight excluding hydrogens is 314 g/mol. The normalized spacial score (nSPS) is 17.8. The average Bonchev–Trinajstić information content (AvgIpc) is 3.11. The minimum absolute atomic E-state index is 0.110. The Morgan fingerprint density at radius 2 is 2.13 bits per heavy atom. The molecule has 1 atom stereocenters. The number of nitrogens with one attached hydrogen (secondary N) is 1. The van der Waals surface area contributed by atoms with E-state index in [2.05, 4.69) is 20.3 Å². The minimum atomic E-state index is -0.156. The Labute approximate surface area is 137 Å². The van der Waals surface area contributed by atoms with Crippen LogP contribution in [0.25, 0.3) is 0 Å². The van der Waals surface area contributed by atoms with Crippen LogP contribution in [0.1, 0.15) is 50.5 Å². The molecule has 0 aromatic carbocycles. The van der Waals surface area contributed by atoms with Gasteiger partial charge in [0.2, 0.25) is 0 Å². The fourth-order valence-electron chi connectivity index (χ4n) is 2.66. The van der Waals surface area contributed by atoms with Gasteiger partial charge in [-0.05, 0) is 19.3 Å². The molecule has 8 heteroatoms. The number of likely N-dealkylation sites (tertiary alicyclic amines) is 1. The van der Waals surface area contributed by atoms with Gasteiger partial charge in [0.05, 0.1) is 18.4 Å². The molecule has 1 N–H and O–H groups in total. The lowest BCUT2D eigenvalue weighted by Crippen LogP contribution is -2.38. The first-order valence-corrected chi connectivity index (χ1v) is 8.27. The van der Waals surface area contributed by atoms with Crippen LogP contribution in [0.4, 0.5) is 0 Å². The third-order valence-corrected chi connectivity index (χ3v) is 4.90. The molecule has 2 aromatic rings. The molecule has 7 nitrogen and oxygen atoms in total. The van der Waals surface area contributed by atoms with Gasteiger partial charge < -0.3 is 10.2 Å². The second-order valence-corrected chi connectivity index (χ2v) is 6.30. The molecule has 0 unspecified atom stereocenters. The summed E-state index contributed by atoms with van der Waals surface area (Å²) in [5.41, 5.74) is 0.336. The van der Waals surface area contributed by atoms with E-state index < -0.39 is 0 Å². The number of rotatable bonds is 3. The molecule has 1 saturated heterocycles. The molecule has 3 heterocycles. The van der Waals surface area contributed by atoms with Crippen molar-refractivity contribution in [1.29, 1.82) is 0 Å². The van der Waals surface area contributed by atoms with Crippen molar-refractivity contribution in [1.82, 2.24) is 25.2 Å². The van der Waals surface area contributed by atoms with Crippen molar-refractivity contribution >= 4 is 23.2 Å². The number of aromatic nitrogens is 3. The number of carbonyl (C=O) groups excluding carboxylic acids is 2. The molecular formula is C15H17N5O2S. The highest BCUT2D eigenvalue weighted by molar-refractivity contribution is 7.13. The lowest BCUT2D eigenvalue weighted by molar-refractivity contribution is 0.0604. The molecule has 1 fully saturated rings. The van der Waals surface area contributed by atoms with Gasteiger partial charge in [0.25, 0.3) is 11.8 Å². The van der Waals surface area contributed by atoms with Crippen LogP contribution in [-0.4, -0.2) is 45.3 Å². The topological polar surface area (TPSA) is 88.1 Å². The minimum Gasteiger partial charge on any atom is -0.354 e. The summed E-state index contributed by atoms with van der Waals surface area (Å²) in [6.45, 7) is 0.662. The van der Waals surface area contributed by atoms with Crippen LogP contribution in [0.3, 0.4) is 0 Å². The highest BCUT2D eigenvalue weighted by Crippen LogP contribution is 2.34. The second-order valence-electron chi connectivity index (χ2n) is 5.24. The molecule has 1 aliphatic heterocycles. The second kappa shape index (κ2) is 6.82. The molecule has 0 saturated carbocycles. The molecule has 3 rings (SSSR count). The summed E-state index contributed by atoms with van der Waals surface area (Å²) in [7, 11) is 1.59. The Balaban J connectivity index is 1.85. The zero-order valence-corrected chi connectivity index (χ0v) is 13.5. The molecule has 0 spiro atoms.